The van der Waals surface area contributed by atoms with Crippen LogP contribution in [0.4, 0.5) is 15.2 Å². The summed E-state index contributed by atoms with van der Waals surface area (Å²) < 4.78 is 19.1. The van der Waals surface area contributed by atoms with E-state index in [0.29, 0.717) is 11.3 Å². The molecule has 1 amide bonds. The van der Waals surface area contributed by atoms with Gasteiger partial charge in [0.05, 0.1) is 11.9 Å². The molecule has 0 saturated carbocycles. The lowest BCUT2D eigenvalue weighted by molar-refractivity contribution is 0.0955. The smallest absolute Gasteiger partial charge is 0.271 e. The zero-order valence-electron chi connectivity index (χ0n) is 21.1. The maximum absolute atomic E-state index is 13.3. The van der Waals surface area contributed by atoms with E-state index < -0.39 is 0 Å². The molecule has 0 spiro atoms. The lowest BCUT2D eigenvalue weighted by Crippen LogP contribution is -2.17. The highest BCUT2D eigenvalue weighted by atomic mass is 32.1. The summed E-state index contributed by atoms with van der Waals surface area (Å²) in [4.78, 5) is 17.2. The number of nitrogens with zero attached hydrogens (tertiary/aromatic N) is 2. The van der Waals surface area contributed by atoms with Crippen LogP contribution in [-0.2, 0) is 6.61 Å². The molecule has 8 heteroatoms. The fourth-order valence-corrected chi connectivity index (χ4v) is 4.46. The molecule has 1 heterocycles. The quantitative estimate of drug-likeness (QED) is 0.153. The molecule has 0 saturated heterocycles. The van der Waals surface area contributed by atoms with E-state index in [1.165, 1.54) is 29.0 Å². The van der Waals surface area contributed by atoms with Crippen molar-refractivity contribution in [2.24, 2.45) is 5.10 Å². The lowest BCUT2D eigenvalue weighted by atomic mass is 10.1. The Labute approximate surface area is 229 Å². The summed E-state index contributed by atoms with van der Waals surface area (Å²) >= 11 is 1.52. The van der Waals surface area contributed by atoms with Gasteiger partial charge in [-0.25, -0.2) is 14.8 Å². The maximum Gasteiger partial charge on any atom is 0.271 e. The lowest BCUT2D eigenvalue weighted by Gasteiger charge is -2.07. The first kappa shape index (κ1) is 25.8. The van der Waals surface area contributed by atoms with Gasteiger partial charge in [0.2, 0.25) is 0 Å². The summed E-state index contributed by atoms with van der Waals surface area (Å²) in [5.74, 6) is -0.00785. The molecule has 0 aliphatic heterocycles. The van der Waals surface area contributed by atoms with Gasteiger partial charge in [0.1, 0.15) is 18.2 Å². The monoisotopic (exact) mass is 536 g/mol. The van der Waals surface area contributed by atoms with Gasteiger partial charge >= 0.3 is 0 Å². The molecule has 5 aromatic rings. The largest absolute Gasteiger partial charge is 0.489 e. The van der Waals surface area contributed by atoms with Crippen LogP contribution in [-0.4, -0.2) is 17.1 Å². The number of carbonyl (C=O) groups is 1. The third-order valence-corrected chi connectivity index (χ3v) is 6.54. The van der Waals surface area contributed by atoms with E-state index in [1.807, 2.05) is 53.9 Å². The number of ether oxygens (including phenoxy) is 1. The Balaban J connectivity index is 1.15. The number of benzene rings is 4. The van der Waals surface area contributed by atoms with Crippen LogP contribution >= 0.6 is 11.3 Å². The summed E-state index contributed by atoms with van der Waals surface area (Å²) in [6.45, 7) is 2.30. The summed E-state index contributed by atoms with van der Waals surface area (Å²) in [6, 6.07) is 28.9. The molecule has 6 nitrogen and oxygen atoms in total. The third kappa shape index (κ3) is 7.15. The van der Waals surface area contributed by atoms with Crippen LogP contribution in [0, 0.1) is 12.7 Å². The first-order valence-corrected chi connectivity index (χ1v) is 13.1. The van der Waals surface area contributed by atoms with Crippen molar-refractivity contribution in [1.82, 2.24) is 10.4 Å². The molecule has 0 atom stereocenters. The van der Waals surface area contributed by atoms with E-state index in [-0.39, 0.29) is 18.3 Å². The molecule has 39 heavy (non-hydrogen) atoms. The molecule has 1 aromatic heterocycles. The van der Waals surface area contributed by atoms with Crippen molar-refractivity contribution in [2.75, 3.05) is 5.32 Å². The molecule has 0 radical (unpaired) electrons. The number of nitrogens with one attached hydrogen (secondary N) is 2. The van der Waals surface area contributed by atoms with Gasteiger partial charge in [0.15, 0.2) is 5.13 Å². The number of thiazole rings is 1. The van der Waals surface area contributed by atoms with Crippen LogP contribution in [0.5, 0.6) is 5.75 Å². The van der Waals surface area contributed by atoms with E-state index in [1.54, 1.807) is 42.6 Å². The van der Waals surface area contributed by atoms with Crippen molar-refractivity contribution in [1.29, 1.82) is 0 Å². The van der Waals surface area contributed by atoms with Crippen LogP contribution in [0.25, 0.3) is 11.3 Å². The molecule has 4 aromatic carbocycles. The molecule has 0 bridgehead atoms. The predicted octanol–water partition coefficient (Wildman–Crippen LogP) is 7.34. The SMILES string of the molecule is Cc1ccc(Nc2nc(-c3ccc(C(=O)N/N=C\c4cccc(OCc5cccc(F)c5)c4)cc3)cs2)cc1. The third-order valence-electron chi connectivity index (χ3n) is 5.78. The fourth-order valence-electron chi connectivity index (χ4n) is 3.72. The van der Waals surface area contributed by atoms with Gasteiger partial charge in [0, 0.05) is 22.2 Å². The number of rotatable bonds is 9. The second-order valence-corrected chi connectivity index (χ2v) is 9.65. The molecular weight excluding hydrogens is 511 g/mol. The van der Waals surface area contributed by atoms with Gasteiger partial charge < -0.3 is 10.1 Å². The second-order valence-electron chi connectivity index (χ2n) is 8.80. The van der Waals surface area contributed by atoms with E-state index >= 15 is 0 Å². The summed E-state index contributed by atoms with van der Waals surface area (Å²) in [6.07, 6.45) is 1.54. The summed E-state index contributed by atoms with van der Waals surface area (Å²) in [7, 11) is 0. The van der Waals surface area contributed by atoms with Gasteiger partial charge in [0.25, 0.3) is 5.91 Å². The number of aromatic nitrogens is 1. The minimum atomic E-state index is -0.323. The highest BCUT2D eigenvalue weighted by Gasteiger charge is 2.08. The standard InChI is InChI=1S/C31H25FN4O2S/c1-21-8-14-27(15-9-21)34-31-35-29(20-39-31)24-10-12-25(13-11-24)30(37)36-33-18-22-4-3-7-28(17-22)38-19-23-5-2-6-26(32)16-23/h2-18,20H,19H2,1H3,(H,34,35)(H,36,37)/b33-18-. The van der Waals surface area contributed by atoms with Crippen molar-refractivity contribution >= 4 is 34.3 Å². The Hall–Kier alpha value is -4.82. The van der Waals surface area contributed by atoms with Crippen LogP contribution < -0.4 is 15.5 Å². The van der Waals surface area contributed by atoms with E-state index in [9.17, 15) is 9.18 Å². The van der Waals surface area contributed by atoms with Crippen molar-refractivity contribution in [3.05, 3.63) is 131 Å². The molecule has 0 aliphatic carbocycles. The van der Waals surface area contributed by atoms with E-state index in [2.05, 4.69) is 27.8 Å². The normalized spacial score (nSPS) is 10.9. The number of aryl methyl sites for hydroxylation is 1. The van der Waals surface area contributed by atoms with Gasteiger partial charge in [-0.05, 0) is 66.6 Å². The Morgan fingerprint density at radius 2 is 1.79 bits per heavy atom. The minimum absolute atomic E-state index is 0.247. The Kier molecular flexibility index (Phi) is 8.04. The van der Waals surface area contributed by atoms with E-state index in [4.69, 9.17) is 4.74 Å². The molecule has 5 rings (SSSR count). The summed E-state index contributed by atoms with van der Waals surface area (Å²) in [5, 5.41) is 10.2. The van der Waals surface area contributed by atoms with Crippen molar-refractivity contribution in [3.8, 4) is 17.0 Å². The van der Waals surface area contributed by atoms with Crippen LogP contribution in [0.1, 0.15) is 27.0 Å². The zero-order chi connectivity index (χ0) is 27.0. The molecule has 194 valence electrons. The van der Waals surface area contributed by atoms with Gasteiger partial charge in [-0.2, -0.15) is 5.10 Å². The molecule has 2 N–H and O–H groups in total. The Bertz CT molecular complexity index is 1600. The highest BCUT2D eigenvalue weighted by molar-refractivity contribution is 7.14. The van der Waals surface area contributed by atoms with Crippen molar-refractivity contribution < 1.29 is 13.9 Å². The number of carbonyl (C=O) groups excluding carboxylic acids is 1. The van der Waals surface area contributed by atoms with Crippen LogP contribution in [0.15, 0.2) is 108 Å². The number of anilines is 2. The molecule has 0 aliphatic rings. The first-order chi connectivity index (χ1) is 19.0. The number of halogens is 1. The number of hydrogen-bond acceptors (Lipinski definition) is 6. The van der Waals surface area contributed by atoms with Gasteiger partial charge in [-0.15, -0.1) is 11.3 Å². The zero-order valence-corrected chi connectivity index (χ0v) is 21.9. The summed E-state index contributed by atoms with van der Waals surface area (Å²) in [5.41, 5.74) is 8.45. The number of hydrazone groups is 1. The average Bonchev–Trinajstić information content (AvgIpc) is 3.42. The van der Waals surface area contributed by atoms with Gasteiger partial charge in [-0.3, -0.25) is 4.79 Å². The fraction of sp³-hybridized carbons (Fsp3) is 0.0645. The predicted molar refractivity (Wildman–Crippen MR) is 154 cm³/mol. The number of amides is 1. The van der Waals surface area contributed by atoms with Crippen molar-refractivity contribution in [2.45, 2.75) is 13.5 Å². The Morgan fingerprint density at radius 3 is 2.59 bits per heavy atom. The average molecular weight is 537 g/mol. The van der Waals surface area contributed by atoms with Crippen LogP contribution in [0.3, 0.4) is 0 Å². The van der Waals surface area contributed by atoms with Gasteiger partial charge in [-0.1, -0.05) is 54.1 Å². The molecule has 0 unspecified atom stereocenters. The second kappa shape index (κ2) is 12.1. The van der Waals surface area contributed by atoms with Crippen LogP contribution in [0.2, 0.25) is 0 Å². The molecular formula is C31H25FN4O2S. The first-order valence-electron chi connectivity index (χ1n) is 12.2. The van der Waals surface area contributed by atoms with E-state index in [0.717, 1.165) is 33.2 Å². The number of hydrogen-bond donors (Lipinski definition) is 2. The molecule has 0 fully saturated rings. The van der Waals surface area contributed by atoms with Crippen molar-refractivity contribution in [3.63, 3.8) is 0 Å². The minimum Gasteiger partial charge on any atom is -0.489 e. The maximum atomic E-state index is 13.3. The highest BCUT2D eigenvalue weighted by Crippen LogP contribution is 2.27. The topological polar surface area (TPSA) is 75.6 Å². The Morgan fingerprint density at radius 1 is 1.00 bits per heavy atom.